The molecular formula is C14H17NO2. The normalized spacial score (nSPS) is 18.2. The molecule has 1 atom stereocenters. The van der Waals surface area contributed by atoms with Crippen molar-refractivity contribution < 1.29 is 9.84 Å². The highest BCUT2D eigenvalue weighted by molar-refractivity contribution is 5.28. The molecule has 1 aliphatic carbocycles. The summed E-state index contributed by atoms with van der Waals surface area (Å²) in [5.74, 6) is 0.804. The minimum absolute atomic E-state index is 0.109. The molecule has 1 aromatic rings. The molecule has 1 N–H and O–H groups in total. The maximum Gasteiger partial charge on any atom is 0.119 e. The summed E-state index contributed by atoms with van der Waals surface area (Å²) in [6.45, 7) is 2.36. The van der Waals surface area contributed by atoms with Crippen molar-refractivity contribution in [3.05, 3.63) is 29.8 Å². The van der Waals surface area contributed by atoms with Crippen LogP contribution >= 0.6 is 0 Å². The fraction of sp³-hybridized carbons (Fsp3) is 0.500. The molecule has 3 heteroatoms. The zero-order valence-electron chi connectivity index (χ0n) is 10.0. The van der Waals surface area contributed by atoms with Crippen LogP contribution in [0.3, 0.4) is 0 Å². The van der Waals surface area contributed by atoms with E-state index in [0.29, 0.717) is 13.0 Å². The summed E-state index contributed by atoms with van der Waals surface area (Å²) < 4.78 is 5.69. The van der Waals surface area contributed by atoms with Gasteiger partial charge in [-0.3, -0.25) is 0 Å². The Morgan fingerprint density at radius 3 is 2.53 bits per heavy atom. The van der Waals surface area contributed by atoms with Crippen LogP contribution < -0.4 is 4.74 Å². The molecule has 1 fully saturated rings. The van der Waals surface area contributed by atoms with Gasteiger partial charge in [-0.15, -0.1) is 0 Å². The fourth-order valence-electron chi connectivity index (χ4n) is 1.80. The zero-order chi connectivity index (χ0) is 12.3. The number of hydrogen-bond donors (Lipinski definition) is 1. The van der Waals surface area contributed by atoms with Gasteiger partial charge in [-0.2, -0.15) is 5.26 Å². The lowest BCUT2D eigenvalue weighted by Crippen LogP contribution is -2.12. The molecule has 90 valence electrons. The van der Waals surface area contributed by atoms with Crippen molar-refractivity contribution in [3.8, 4) is 11.8 Å². The molecule has 0 radical (unpaired) electrons. The Kier molecular flexibility index (Phi) is 3.35. The molecule has 0 amide bonds. The molecule has 1 saturated carbocycles. The van der Waals surface area contributed by atoms with Crippen molar-refractivity contribution in [2.45, 2.75) is 32.3 Å². The fourth-order valence-corrected chi connectivity index (χ4v) is 1.80. The van der Waals surface area contributed by atoms with E-state index in [1.54, 1.807) is 6.92 Å². The van der Waals surface area contributed by atoms with Crippen LogP contribution in [0.2, 0.25) is 0 Å². The van der Waals surface area contributed by atoms with E-state index in [9.17, 15) is 5.11 Å². The second kappa shape index (κ2) is 4.77. The number of nitriles is 1. The van der Waals surface area contributed by atoms with Crippen LogP contribution in [0.1, 0.15) is 37.9 Å². The first-order valence-electron chi connectivity index (χ1n) is 5.93. The van der Waals surface area contributed by atoms with E-state index in [4.69, 9.17) is 10.00 Å². The van der Waals surface area contributed by atoms with Gasteiger partial charge < -0.3 is 9.84 Å². The van der Waals surface area contributed by atoms with Gasteiger partial charge in [0.15, 0.2) is 0 Å². The van der Waals surface area contributed by atoms with Gasteiger partial charge in [-0.05, 0) is 37.5 Å². The van der Waals surface area contributed by atoms with Crippen LogP contribution in [-0.4, -0.2) is 11.7 Å². The first-order chi connectivity index (χ1) is 8.15. The molecular weight excluding hydrogens is 214 g/mol. The Morgan fingerprint density at radius 2 is 2.06 bits per heavy atom. The van der Waals surface area contributed by atoms with Crippen molar-refractivity contribution in [3.63, 3.8) is 0 Å². The van der Waals surface area contributed by atoms with E-state index in [1.165, 1.54) is 0 Å². The predicted molar refractivity (Wildman–Crippen MR) is 64.5 cm³/mol. The van der Waals surface area contributed by atoms with E-state index in [2.05, 4.69) is 6.07 Å². The Bertz CT molecular complexity index is 413. The molecule has 17 heavy (non-hydrogen) atoms. The highest BCUT2D eigenvalue weighted by Gasteiger charge is 2.43. The first kappa shape index (κ1) is 11.9. The van der Waals surface area contributed by atoms with Crippen molar-refractivity contribution in [1.29, 1.82) is 5.26 Å². The van der Waals surface area contributed by atoms with Gasteiger partial charge in [0.25, 0.3) is 0 Å². The number of ether oxygens (including phenoxy) is 1. The molecule has 0 aliphatic heterocycles. The lowest BCUT2D eigenvalue weighted by molar-refractivity contribution is 0.199. The van der Waals surface area contributed by atoms with Gasteiger partial charge in [-0.25, -0.2) is 0 Å². The summed E-state index contributed by atoms with van der Waals surface area (Å²) in [5, 5.41) is 18.1. The number of hydrogen-bond acceptors (Lipinski definition) is 3. The number of rotatable bonds is 5. The van der Waals surface area contributed by atoms with Crippen molar-refractivity contribution in [2.75, 3.05) is 6.61 Å². The molecule has 3 nitrogen and oxygen atoms in total. The van der Waals surface area contributed by atoms with Crippen molar-refractivity contribution in [1.82, 2.24) is 0 Å². The quantitative estimate of drug-likeness (QED) is 0.847. The standard InChI is InChI=1S/C14H17NO2/c1-11(16)12-2-4-13(5-3-12)17-10-14(6-7-14)8-9-15/h2-5,11,16H,6-8,10H2,1H3. The lowest BCUT2D eigenvalue weighted by atomic mass is 10.1. The Balaban J connectivity index is 1.90. The van der Waals surface area contributed by atoms with E-state index in [1.807, 2.05) is 24.3 Å². The summed E-state index contributed by atoms with van der Waals surface area (Å²) in [5.41, 5.74) is 0.994. The molecule has 1 aliphatic rings. The first-order valence-corrected chi connectivity index (χ1v) is 5.93. The summed E-state index contributed by atoms with van der Waals surface area (Å²) in [4.78, 5) is 0. The molecule has 0 heterocycles. The highest BCUT2D eigenvalue weighted by Crippen LogP contribution is 2.48. The average molecular weight is 231 g/mol. The van der Waals surface area contributed by atoms with Crippen molar-refractivity contribution in [2.24, 2.45) is 5.41 Å². The molecule has 2 rings (SSSR count). The smallest absolute Gasteiger partial charge is 0.119 e. The summed E-state index contributed by atoms with van der Waals surface area (Å²) in [7, 11) is 0. The van der Waals surface area contributed by atoms with Crippen LogP contribution in [0.15, 0.2) is 24.3 Å². The third-order valence-electron chi connectivity index (χ3n) is 3.32. The van der Waals surface area contributed by atoms with E-state index in [0.717, 1.165) is 24.2 Å². The van der Waals surface area contributed by atoms with E-state index >= 15 is 0 Å². The number of nitrogens with zero attached hydrogens (tertiary/aromatic N) is 1. The van der Waals surface area contributed by atoms with E-state index in [-0.39, 0.29) is 5.41 Å². The monoisotopic (exact) mass is 231 g/mol. The van der Waals surface area contributed by atoms with Gasteiger partial charge >= 0.3 is 0 Å². The second-order valence-corrected chi connectivity index (χ2v) is 4.87. The van der Waals surface area contributed by atoms with Crippen LogP contribution in [0, 0.1) is 16.7 Å². The Morgan fingerprint density at radius 1 is 1.41 bits per heavy atom. The maximum atomic E-state index is 9.38. The minimum Gasteiger partial charge on any atom is -0.493 e. The van der Waals surface area contributed by atoms with Gasteiger partial charge in [0.05, 0.1) is 18.8 Å². The van der Waals surface area contributed by atoms with Crippen LogP contribution in [-0.2, 0) is 0 Å². The molecule has 0 spiro atoms. The third-order valence-corrected chi connectivity index (χ3v) is 3.32. The third kappa shape index (κ3) is 2.98. The molecule has 1 aromatic carbocycles. The van der Waals surface area contributed by atoms with Gasteiger partial charge in [0, 0.05) is 11.8 Å². The Labute approximate surface area is 102 Å². The summed E-state index contributed by atoms with van der Waals surface area (Å²) in [6, 6.07) is 9.68. The van der Waals surface area contributed by atoms with E-state index < -0.39 is 6.10 Å². The SMILES string of the molecule is CC(O)c1ccc(OCC2(CC#N)CC2)cc1. The summed E-state index contributed by atoms with van der Waals surface area (Å²) >= 11 is 0. The second-order valence-electron chi connectivity index (χ2n) is 4.87. The van der Waals surface area contributed by atoms with Crippen molar-refractivity contribution >= 4 is 0 Å². The van der Waals surface area contributed by atoms with Gasteiger partial charge in [-0.1, -0.05) is 12.1 Å². The number of benzene rings is 1. The minimum atomic E-state index is -0.447. The van der Waals surface area contributed by atoms with Crippen LogP contribution in [0.4, 0.5) is 0 Å². The predicted octanol–water partition coefficient (Wildman–Crippen LogP) is 2.81. The largest absolute Gasteiger partial charge is 0.493 e. The Hall–Kier alpha value is -1.53. The zero-order valence-corrected chi connectivity index (χ0v) is 10.0. The maximum absolute atomic E-state index is 9.38. The van der Waals surface area contributed by atoms with Gasteiger partial charge in [0.1, 0.15) is 5.75 Å². The van der Waals surface area contributed by atoms with Crippen LogP contribution in [0.5, 0.6) is 5.75 Å². The number of aliphatic hydroxyl groups is 1. The topological polar surface area (TPSA) is 53.2 Å². The molecule has 0 saturated heterocycles. The van der Waals surface area contributed by atoms with Crippen LogP contribution in [0.25, 0.3) is 0 Å². The highest BCUT2D eigenvalue weighted by atomic mass is 16.5. The number of aliphatic hydroxyl groups excluding tert-OH is 1. The average Bonchev–Trinajstić information content (AvgIpc) is 3.08. The van der Waals surface area contributed by atoms with Gasteiger partial charge in [0.2, 0.25) is 0 Å². The summed E-state index contributed by atoms with van der Waals surface area (Å²) in [6.07, 6.45) is 2.31. The lowest BCUT2D eigenvalue weighted by Gasteiger charge is -2.13. The molecule has 1 unspecified atom stereocenters. The molecule has 0 aromatic heterocycles. The molecule has 0 bridgehead atoms.